The Morgan fingerprint density at radius 2 is 1.53 bits per heavy atom. The number of hydrogen-bond donors (Lipinski definition) is 4. The molecule has 0 aromatic carbocycles. The van der Waals surface area contributed by atoms with Gasteiger partial charge in [0.2, 0.25) is 0 Å². The number of carbonyl (C=O) groups is 1. The van der Waals surface area contributed by atoms with E-state index < -0.39 is 41.9 Å². The summed E-state index contributed by atoms with van der Waals surface area (Å²) in [7, 11) is 0. The first-order valence-electron chi connectivity index (χ1n) is 17.3. The van der Waals surface area contributed by atoms with Gasteiger partial charge in [-0.1, -0.05) is 46.3 Å². The van der Waals surface area contributed by atoms with E-state index in [9.17, 15) is 25.2 Å². The second-order valence-electron chi connectivity index (χ2n) is 17.9. The van der Waals surface area contributed by atoms with Crippen LogP contribution in [0.15, 0.2) is 11.6 Å². The lowest BCUT2D eigenvalue weighted by Gasteiger charge is -2.74. The zero-order valence-corrected chi connectivity index (χ0v) is 27.4. The number of aliphatic hydroxyl groups excluding tert-OH is 3. The number of aliphatic carboxylic acids is 1. The average molecular weight is 601 g/mol. The van der Waals surface area contributed by atoms with Crippen molar-refractivity contribution in [3.63, 3.8) is 0 Å². The summed E-state index contributed by atoms with van der Waals surface area (Å²) < 4.78 is 12.9. The number of fused-ring (bicyclic) bond motifs is 9. The fourth-order valence-electron chi connectivity index (χ4n) is 12.9. The Morgan fingerprint density at radius 1 is 0.837 bits per heavy atom. The van der Waals surface area contributed by atoms with Gasteiger partial charge in [-0.15, -0.1) is 0 Å². The van der Waals surface area contributed by atoms with Gasteiger partial charge in [0, 0.05) is 5.92 Å². The van der Waals surface area contributed by atoms with Crippen LogP contribution in [0.2, 0.25) is 0 Å². The first-order chi connectivity index (χ1) is 20.0. The number of rotatable bonds is 2. The molecule has 2 saturated heterocycles. The van der Waals surface area contributed by atoms with Gasteiger partial charge in [-0.25, -0.2) is 0 Å². The molecule has 0 aromatic rings. The Kier molecular flexibility index (Phi) is 6.63. The number of hydrogen-bond acceptors (Lipinski definition) is 6. The molecule has 0 radical (unpaired) electrons. The Morgan fingerprint density at radius 3 is 2.23 bits per heavy atom. The Balaban J connectivity index is 1.19. The zero-order valence-electron chi connectivity index (χ0n) is 27.4. The van der Waals surface area contributed by atoms with Gasteiger partial charge >= 0.3 is 5.97 Å². The van der Waals surface area contributed by atoms with Gasteiger partial charge in [-0.2, -0.15) is 0 Å². The molecule has 43 heavy (non-hydrogen) atoms. The molecule has 7 aliphatic rings. The van der Waals surface area contributed by atoms with E-state index in [2.05, 4.69) is 47.6 Å². The molecular formula is C36H56O7. The van der Waals surface area contributed by atoms with Crippen molar-refractivity contribution < 1.29 is 34.7 Å². The summed E-state index contributed by atoms with van der Waals surface area (Å²) in [5.41, 5.74) is 0.892. The van der Waals surface area contributed by atoms with Crippen molar-refractivity contribution in [3.8, 4) is 0 Å². The van der Waals surface area contributed by atoms with Crippen LogP contribution in [0.25, 0.3) is 0 Å². The zero-order chi connectivity index (χ0) is 31.1. The second kappa shape index (κ2) is 9.30. The molecule has 4 N–H and O–H groups in total. The lowest BCUT2D eigenvalue weighted by Crippen LogP contribution is -2.76. The third kappa shape index (κ3) is 3.75. The summed E-state index contributed by atoms with van der Waals surface area (Å²) in [5.74, 6) is 0.666. The van der Waals surface area contributed by atoms with Gasteiger partial charge in [0.1, 0.15) is 24.4 Å². The molecule has 2 heterocycles. The third-order valence-electron chi connectivity index (χ3n) is 15.8. The normalized spacial score (nSPS) is 58.8. The predicted octanol–water partition coefficient (Wildman–Crippen LogP) is 5.49. The lowest BCUT2D eigenvalue weighted by molar-refractivity contribution is -0.372. The van der Waals surface area contributed by atoms with Crippen LogP contribution in [-0.2, 0) is 14.3 Å². The van der Waals surface area contributed by atoms with Crippen LogP contribution in [0.3, 0.4) is 0 Å². The Bertz CT molecular complexity index is 1210. The Hall–Kier alpha value is -0.990. The van der Waals surface area contributed by atoms with Crippen LogP contribution in [0.1, 0.15) is 113 Å². The third-order valence-corrected chi connectivity index (χ3v) is 15.8. The van der Waals surface area contributed by atoms with Crippen molar-refractivity contribution in [1.82, 2.24) is 0 Å². The fraction of sp³-hybridized carbons (Fsp3) is 0.917. The van der Waals surface area contributed by atoms with Gasteiger partial charge in [0.05, 0.1) is 23.2 Å². The standard InChI is InChI=1S/C36H56O7/c1-19-25(37)26(38)27(39)29(42-19)28-21-10-12-32(4)23-9-8-20-22-18-31(2,3)14-16-36(22,30(40)41)17-15-33(20,5)34(23,6)13-11-24(32)35(21,7)43-28/h8,19,21-29,37-39H,9-18H2,1-7H3,(H,40,41)/t19-,21-,22?,23?,24?,25-,26?,27?,28-,29-,32-,33-,34-,35-,36+/m1/s1. The minimum Gasteiger partial charge on any atom is -0.481 e. The van der Waals surface area contributed by atoms with Crippen LogP contribution >= 0.6 is 0 Å². The molecule has 0 bridgehead atoms. The summed E-state index contributed by atoms with van der Waals surface area (Å²) in [6, 6.07) is 0. The van der Waals surface area contributed by atoms with E-state index in [0.717, 1.165) is 64.2 Å². The second-order valence-corrected chi connectivity index (χ2v) is 17.9. The monoisotopic (exact) mass is 600 g/mol. The largest absolute Gasteiger partial charge is 0.481 e. The van der Waals surface area contributed by atoms with E-state index in [1.165, 1.54) is 5.57 Å². The lowest BCUT2D eigenvalue weighted by atomic mass is 9.33. The molecule has 0 spiro atoms. The average Bonchev–Trinajstić information content (AvgIpc) is 2.92. The highest BCUT2D eigenvalue weighted by molar-refractivity contribution is 5.76. The molecule has 7 heteroatoms. The minimum atomic E-state index is -1.23. The summed E-state index contributed by atoms with van der Waals surface area (Å²) in [5, 5.41) is 42.2. The van der Waals surface area contributed by atoms with Crippen molar-refractivity contribution >= 4 is 5.97 Å². The first kappa shape index (κ1) is 30.7. The molecule has 0 amide bonds. The van der Waals surface area contributed by atoms with E-state index in [1.807, 2.05) is 0 Å². The van der Waals surface area contributed by atoms with Gasteiger partial charge in [-0.3, -0.25) is 4.79 Å². The maximum absolute atomic E-state index is 12.9. The first-order valence-corrected chi connectivity index (χ1v) is 17.3. The molecule has 6 fully saturated rings. The predicted molar refractivity (Wildman–Crippen MR) is 162 cm³/mol. The topological polar surface area (TPSA) is 116 Å². The molecule has 2 aliphatic heterocycles. The quantitative estimate of drug-likeness (QED) is 0.310. The SMILES string of the molecule is C[C@H]1O[C@@H]([C@@H]2O[C@@]3(C)C4CC[C@]5(C)C(CC=C6C7CC(C)(C)CC[C@]7(C(=O)O)CC[C@]65C)[C@@]4(C)CC[C@H]23)C(O)C(O)[C@@H]1O. The number of ether oxygens (including phenoxy) is 2. The maximum Gasteiger partial charge on any atom is 0.310 e. The minimum absolute atomic E-state index is 0.00511. The highest BCUT2D eigenvalue weighted by Crippen LogP contribution is 2.76. The molecule has 5 unspecified atom stereocenters. The highest BCUT2D eigenvalue weighted by Gasteiger charge is 2.73. The van der Waals surface area contributed by atoms with Crippen molar-refractivity contribution in [2.24, 2.45) is 50.7 Å². The number of allylic oxidation sites excluding steroid dienone is 2. The summed E-state index contributed by atoms with van der Waals surface area (Å²) in [6.07, 6.45) is 7.33. The van der Waals surface area contributed by atoms with Crippen LogP contribution in [0.5, 0.6) is 0 Å². The van der Waals surface area contributed by atoms with Crippen molar-refractivity contribution in [3.05, 3.63) is 11.6 Å². The molecule has 242 valence electrons. The van der Waals surface area contributed by atoms with Crippen molar-refractivity contribution in [2.45, 2.75) is 155 Å². The van der Waals surface area contributed by atoms with Crippen LogP contribution in [0.4, 0.5) is 0 Å². The van der Waals surface area contributed by atoms with E-state index in [0.29, 0.717) is 11.8 Å². The van der Waals surface area contributed by atoms with Crippen LogP contribution < -0.4 is 0 Å². The molecule has 7 rings (SSSR count). The molecule has 15 atom stereocenters. The Labute approximate surface area is 257 Å². The van der Waals surface area contributed by atoms with Gasteiger partial charge in [0.25, 0.3) is 0 Å². The highest BCUT2D eigenvalue weighted by atomic mass is 16.6. The molecule has 5 aliphatic carbocycles. The number of carboxylic acids is 1. The van der Waals surface area contributed by atoms with Gasteiger partial charge in [0.15, 0.2) is 0 Å². The number of aliphatic hydroxyl groups is 3. The van der Waals surface area contributed by atoms with Crippen molar-refractivity contribution in [1.29, 1.82) is 0 Å². The summed E-state index contributed by atoms with van der Waals surface area (Å²) in [4.78, 5) is 12.9. The molecule has 7 nitrogen and oxygen atoms in total. The summed E-state index contributed by atoms with van der Waals surface area (Å²) >= 11 is 0. The fourth-order valence-corrected chi connectivity index (χ4v) is 12.9. The number of carboxylic acid groups (broad SMARTS) is 1. The molecular weight excluding hydrogens is 544 g/mol. The smallest absolute Gasteiger partial charge is 0.310 e. The van der Waals surface area contributed by atoms with E-state index >= 15 is 0 Å². The van der Waals surface area contributed by atoms with E-state index in [4.69, 9.17) is 9.47 Å². The molecule has 4 saturated carbocycles. The van der Waals surface area contributed by atoms with E-state index in [-0.39, 0.29) is 45.2 Å². The maximum atomic E-state index is 12.9. The van der Waals surface area contributed by atoms with Crippen LogP contribution in [0, 0.1) is 50.7 Å². The van der Waals surface area contributed by atoms with Crippen molar-refractivity contribution in [2.75, 3.05) is 0 Å². The van der Waals surface area contributed by atoms with Gasteiger partial charge < -0.3 is 29.9 Å². The van der Waals surface area contributed by atoms with Gasteiger partial charge in [-0.05, 0) is 117 Å². The van der Waals surface area contributed by atoms with E-state index in [1.54, 1.807) is 6.92 Å². The summed E-state index contributed by atoms with van der Waals surface area (Å²) in [6.45, 7) is 16.2. The molecule has 0 aromatic heterocycles. The van der Waals surface area contributed by atoms with Crippen LogP contribution in [-0.4, -0.2) is 68.6 Å².